The molecule has 1 saturated heterocycles. The van der Waals surface area contributed by atoms with Gasteiger partial charge in [0.15, 0.2) is 0 Å². The van der Waals surface area contributed by atoms with Crippen molar-refractivity contribution >= 4 is 30.7 Å². The number of nitrogens with two attached hydrogens (primary N) is 1. The van der Waals surface area contributed by atoms with Crippen molar-refractivity contribution < 1.29 is 9.18 Å². The molecule has 2 aliphatic rings. The van der Waals surface area contributed by atoms with Gasteiger partial charge in [0, 0.05) is 32.7 Å². The highest BCUT2D eigenvalue weighted by Gasteiger charge is 2.38. The van der Waals surface area contributed by atoms with E-state index in [9.17, 15) is 9.18 Å². The molecule has 1 amide bonds. The molecular formula is C19H30Cl2FN3O. The first-order valence-electron chi connectivity index (χ1n) is 9.12. The lowest BCUT2D eigenvalue weighted by Gasteiger charge is -2.36. The van der Waals surface area contributed by atoms with E-state index in [4.69, 9.17) is 5.73 Å². The molecule has 2 N–H and O–H groups in total. The van der Waals surface area contributed by atoms with Gasteiger partial charge in [-0.3, -0.25) is 9.69 Å². The van der Waals surface area contributed by atoms with Gasteiger partial charge >= 0.3 is 0 Å². The minimum Gasteiger partial charge on any atom is -0.340 e. The summed E-state index contributed by atoms with van der Waals surface area (Å²) in [5.74, 6) is -0.0575. The van der Waals surface area contributed by atoms with E-state index in [1.54, 1.807) is 0 Å². The summed E-state index contributed by atoms with van der Waals surface area (Å²) in [5, 5.41) is 0. The van der Waals surface area contributed by atoms with Crippen LogP contribution in [0.5, 0.6) is 0 Å². The largest absolute Gasteiger partial charge is 0.340 e. The van der Waals surface area contributed by atoms with E-state index in [-0.39, 0.29) is 36.5 Å². The van der Waals surface area contributed by atoms with Crippen molar-refractivity contribution in [1.29, 1.82) is 0 Å². The SMILES string of the molecule is Cl.Cl.NC1(C(=O)N2CCCN(Cc3ccc(F)cc3)CC2)CCCCC1. The van der Waals surface area contributed by atoms with Crippen LogP contribution in [0.3, 0.4) is 0 Å². The van der Waals surface area contributed by atoms with Crippen molar-refractivity contribution in [2.45, 2.75) is 50.6 Å². The predicted molar refractivity (Wildman–Crippen MR) is 107 cm³/mol. The molecule has 1 saturated carbocycles. The summed E-state index contributed by atoms with van der Waals surface area (Å²) in [6.07, 6.45) is 5.92. The summed E-state index contributed by atoms with van der Waals surface area (Å²) in [6, 6.07) is 6.68. The molecule has 0 bridgehead atoms. The average molecular weight is 406 g/mol. The molecular weight excluding hydrogens is 376 g/mol. The molecule has 0 aromatic heterocycles. The molecule has 0 radical (unpaired) electrons. The van der Waals surface area contributed by atoms with E-state index in [1.165, 1.54) is 18.6 Å². The number of hydrogen-bond donors (Lipinski definition) is 1. The molecule has 4 nitrogen and oxygen atoms in total. The third kappa shape index (κ3) is 5.81. The lowest BCUT2D eigenvalue weighted by molar-refractivity contribution is -0.138. The molecule has 148 valence electrons. The molecule has 2 fully saturated rings. The minimum atomic E-state index is -0.635. The molecule has 1 aliphatic heterocycles. The van der Waals surface area contributed by atoms with Crippen LogP contribution < -0.4 is 5.73 Å². The number of benzene rings is 1. The van der Waals surface area contributed by atoms with E-state index in [1.807, 2.05) is 17.0 Å². The number of carbonyl (C=O) groups is 1. The Morgan fingerprint density at radius 1 is 0.962 bits per heavy atom. The Morgan fingerprint density at radius 2 is 1.62 bits per heavy atom. The summed E-state index contributed by atoms with van der Waals surface area (Å²) in [6.45, 7) is 4.13. The summed E-state index contributed by atoms with van der Waals surface area (Å²) < 4.78 is 13.0. The van der Waals surface area contributed by atoms with Crippen LogP contribution in [0, 0.1) is 5.82 Å². The Hall–Kier alpha value is -0.880. The second-order valence-corrected chi connectivity index (χ2v) is 7.27. The Morgan fingerprint density at radius 3 is 2.27 bits per heavy atom. The lowest BCUT2D eigenvalue weighted by atomic mass is 9.81. The molecule has 0 atom stereocenters. The zero-order chi connectivity index (χ0) is 17.0. The Kier molecular flexibility index (Phi) is 9.31. The van der Waals surface area contributed by atoms with E-state index >= 15 is 0 Å². The van der Waals surface area contributed by atoms with Crippen LogP contribution in [0.2, 0.25) is 0 Å². The maximum atomic E-state index is 13.0. The second kappa shape index (κ2) is 10.5. The van der Waals surface area contributed by atoms with Crippen molar-refractivity contribution in [3.63, 3.8) is 0 Å². The highest BCUT2D eigenvalue weighted by molar-refractivity contribution is 5.86. The van der Waals surface area contributed by atoms with Gasteiger partial charge in [-0.1, -0.05) is 31.4 Å². The van der Waals surface area contributed by atoms with Crippen molar-refractivity contribution in [3.05, 3.63) is 35.6 Å². The van der Waals surface area contributed by atoms with Gasteiger partial charge in [-0.15, -0.1) is 24.8 Å². The number of hydrogen-bond acceptors (Lipinski definition) is 3. The van der Waals surface area contributed by atoms with E-state index in [0.717, 1.165) is 70.4 Å². The molecule has 0 unspecified atom stereocenters. The quantitative estimate of drug-likeness (QED) is 0.838. The predicted octanol–water partition coefficient (Wildman–Crippen LogP) is 3.37. The average Bonchev–Trinajstić information content (AvgIpc) is 2.82. The Bertz CT molecular complexity index is 564. The standard InChI is InChI=1S/C19H28FN3O.2ClH/c20-17-7-5-16(6-8-17)15-22-11-4-12-23(14-13-22)18(24)19(21)9-2-1-3-10-19;;/h5-8H,1-4,9-15,21H2;2*1H. The highest BCUT2D eigenvalue weighted by Crippen LogP contribution is 2.28. The van der Waals surface area contributed by atoms with E-state index < -0.39 is 5.54 Å². The molecule has 1 aromatic rings. The molecule has 1 aromatic carbocycles. The van der Waals surface area contributed by atoms with Gasteiger partial charge < -0.3 is 10.6 Å². The maximum Gasteiger partial charge on any atom is 0.242 e. The second-order valence-electron chi connectivity index (χ2n) is 7.27. The van der Waals surface area contributed by atoms with Crippen molar-refractivity contribution in [3.8, 4) is 0 Å². The van der Waals surface area contributed by atoms with Gasteiger partial charge in [-0.05, 0) is 37.0 Å². The summed E-state index contributed by atoms with van der Waals surface area (Å²) in [7, 11) is 0. The molecule has 7 heteroatoms. The normalized spacial score (nSPS) is 20.5. The summed E-state index contributed by atoms with van der Waals surface area (Å²) in [5.41, 5.74) is 6.89. The zero-order valence-electron chi connectivity index (χ0n) is 15.2. The van der Waals surface area contributed by atoms with Crippen LogP contribution >= 0.6 is 24.8 Å². The molecule has 0 spiro atoms. The van der Waals surface area contributed by atoms with E-state index in [0.29, 0.717) is 0 Å². The van der Waals surface area contributed by atoms with Gasteiger partial charge in [0.2, 0.25) is 5.91 Å². The van der Waals surface area contributed by atoms with Gasteiger partial charge in [0.05, 0.1) is 5.54 Å². The van der Waals surface area contributed by atoms with Crippen LogP contribution in [0.1, 0.15) is 44.1 Å². The topological polar surface area (TPSA) is 49.6 Å². The van der Waals surface area contributed by atoms with Crippen LogP contribution in [-0.4, -0.2) is 47.4 Å². The summed E-state index contributed by atoms with van der Waals surface area (Å²) >= 11 is 0. The van der Waals surface area contributed by atoms with Crippen molar-refractivity contribution in [2.75, 3.05) is 26.2 Å². The van der Waals surface area contributed by atoms with Gasteiger partial charge in [0.25, 0.3) is 0 Å². The third-order valence-electron chi connectivity index (χ3n) is 5.37. The molecule has 26 heavy (non-hydrogen) atoms. The Balaban J connectivity index is 0.00000169. The fourth-order valence-electron chi connectivity index (χ4n) is 3.89. The first-order valence-corrected chi connectivity index (χ1v) is 9.12. The van der Waals surface area contributed by atoms with Crippen LogP contribution in [0.15, 0.2) is 24.3 Å². The fraction of sp³-hybridized carbons (Fsp3) is 0.632. The number of carbonyl (C=O) groups excluding carboxylic acids is 1. The van der Waals surface area contributed by atoms with Gasteiger partial charge in [0.1, 0.15) is 5.82 Å². The zero-order valence-corrected chi connectivity index (χ0v) is 16.8. The minimum absolute atomic E-state index is 0. The highest BCUT2D eigenvalue weighted by atomic mass is 35.5. The van der Waals surface area contributed by atoms with Gasteiger partial charge in [-0.25, -0.2) is 4.39 Å². The summed E-state index contributed by atoms with van der Waals surface area (Å²) in [4.78, 5) is 17.2. The number of amides is 1. The van der Waals surface area contributed by atoms with E-state index in [2.05, 4.69) is 4.90 Å². The van der Waals surface area contributed by atoms with Gasteiger partial charge in [-0.2, -0.15) is 0 Å². The first kappa shape index (κ1) is 23.2. The fourth-order valence-corrected chi connectivity index (χ4v) is 3.89. The van der Waals surface area contributed by atoms with Crippen molar-refractivity contribution in [2.24, 2.45) is 5.73 Å². The number of halogens is 3. The molecule has 3 rings (SSSR count). The van der Waals surface area contributed by atoms with Crippen LogP contribution in [0.4, 0.5) is 4.39 Å². The van der Waals surface area contributed by atoms with Crippen LogP contribution in [-0.2, 0) is 11.3 Å². The first-order chi connectivity index (χ1) is 11.6. The smallest absolute Gasteiger partial charge is 0.242 e. The number of nitrogens with zero attached hydrogens (tertiary/aromatic N) is 2. The molecule has 1 aliphatic carbocycles. The Labute approximate surface area is 168 Å². The maximum absolute atomic E-state index is 13.0. The monoisotopic (exact) mass is 405 g/mol. The van der Waals surface area contributed by atoms with Crippen molar-refractivity contribution in [1.82, 2.24) is 9.80 Å². The molecule has 1 heterocycles. The number of rotatable bonds is 3. The third-order valence-corrected chi connectivity index (χ3v) is 5.37. The lowest BCUT2D eigenvalue weighted by Crippen LogP contribution is -2.56. The van der Waals surface area contributed by atoms with Crippen LogP contribution in [0.25, 0.3) is 0 Å².